The number of urea groups is 1. The average molecular weight is 306 g/mol. The fourth-order valence-electron chi connectivity index (χ4n) is 3.04. The molecule has 0 aromatic heterocycles. The van der Waals surface area contributed by atoms with Crippen LogP contribution < -0.4 is 5.32 Å². The van der Waals surface area contributed by atoms with Crippen LogP contribution in [0, 0.1) is 0 Å². The lowest BCUT2D eigenvalue weighted by Crippen LogP contribution is -2.47. The molecular formula is C17H26N2OS. The quantitative estimate of drug-likeness (QED) is 0.795. The second kappa shape index (κ2) is 7.74. The molecule has 0 saturated heterocycles. The van der Waals surface area contributed by atoms with Crippen molar-refractivity contribution in [3.05, 3.63) is 24.3 Å². The maximum Gasteiger partial charge on any atom is 0.322 e. The number of rotatable bonds is 4. The molecule has 0 radical (unpaired) electrons. The summed E-state index contributed by atoms with van der Waals surface area (Å²) >= 11 is 1.71. The number of nitrogens with zero attached hydrogens (tertiary/aromatic N) is 1. The predicted molar refractivity (Wildman–Crippen MR) is 91.1 cm³/mol. The fraction of sp³-hybridized carbons (Fsp3) is 0.588. The van der Waals surface area contributed by atoms with Crippen LogP contribution in [0.1, 0.15) is 46.0 Å². The van der Waals surface area contributed by atoms with E-state index < -0.39 is 0 Å². The van der Waals surface area contributed by atoms with E-state index in [1.54, 1.807) is 11.8 Å². The van der Waals surface area contributed by atoms with E-state index in [0.29, 0.717) is 6.04 Å². The maximum atomic E-state index is 12.6. The Morgan fingerprint density at radius 1 is 1.19 bits per heavy atom. The lowest BCUT2D eigenvalue weighted by molar-refractivity contribution is 0.145. The van der Waals surface area contributed by atoms with Crippen molar-refractivity contribution in [3.63, 3.8) is 0 Å². The van der Waals surface area contributed by atoms with E-state index in [4.69, 9.17) is 0 Å². The summed E-state index contributed by atoms with van der Waals surface area (Å²) in [5.41, 5.74) is 0.874. The first-order valence-corrected chi connectivity index (χ1v) is 9.07. The number of benzene rings is 1. The Balaban J connectivity index is 2.03. The van der Waals surface area contributed by atoms with Crippen molar-refractivity contribution in [2.45, 2.75) is 62.9 Å². The summed E-state index contributed by atoms with van der Waals surface area (Å²) in [6, 6.07) is 8.70. The van der Waals surface area contributed by atoms with Gasteiger partial charge in [0.1, 0.15) is 0 Å². The van der Waals surface area contributed by atoms with Gasteiger partial charge in [-0.3, -0.25) is 0 Å². The van der Waals surface area contributed by atoms with Gasteiger partial charge in [0.15, 0.2) is 0 Å². The van der Waals surface area contributed by atoms with Crippen LogP contribution >= 0.6 is 11.8 Å². The highest BCUT2D eigenvalue weighted by Crippen LogP contribution is 2.25. The molecule has 1 N–H and O–H groups in total. The van der Waals surface area contributed by atoms with Gasteiger partial charge in [0.2, 0.25) is 0 Å². The number of hydrogen-bond donors (Lipinski definition) is 1. The first kappa shape index (κ1) is 16.2. The highest BCUT2D eigenvalue weighted by Gasteiger charge is 2.27. The van der Waals surface area contributed by atoms with Gasteiger partial charge >= 0.3 is 6.03 Å². The standard InChI is InChI=1S/C17H26N2OS/c1-13(2)19(15-7-5-4-6-8-15)17(20)18-14-9-11-16(21-3)12-10-14/h9-13,15H,4-8H2,1-3H3,(H,18,20). The summed E-state index contributed by atoms with van der Waals surface area (Å²) < 4.78 is 0. The molecule has 1 aliphatic rings. The van der Waals surface area contributed by atoms with Gasteiger partial charge in [-0.2, -0.15) is 0 Å². The van der Waals surface area contributed by atoms with Crippen LogP contribution in [0.15, 0.2) is 29.2 Å². The lowest BCUT2D eigenvalue weighted by atomic mass is 9.93. The number of hydrogen-bond acceptors (Lipinski definition) is 2. The molecule has 0 bridgehead atoms. The van der Waals surface area contributed by atoms with Gasteiger partial charge in [0, 0.05) is 22.7 Å². The zero-order chi connectivity index (χ0) is 15.2. The zero-order valence-corrected chi connectivity index (χ0v) is 14.1. The third kappa shape index (κ3) is 4.40. The topological polar surface area (TPSA) is 32.3 Å². The molecular weight excluding hydrogens is 280 g/mol. The highest BCUT2D eigenvalue weighted by atomic mass is 32.2. The predicted octanol–water partition coefficient (Wildman–Crippen LogP) is 4.98. The third-order valence-corrected chi connectivity index (χ3v) is 4.84. The monoisotopic (exact) mass is 306 g/mol. The number of anilines is 1. The fourth-order valence-corrected chi connectivity index (χ4v) is 3.45. The molecule has 2 amide bonds. The van der Waals surface area contributed by atoms with Gasteiger partial charge in [-0.05, 0) is 57.2 Å². The van der Waals surface area contributed by atoms with Crippen molar-refractivity contribution < 1.29 is 4.79 Å². The van der Waals surface area contributed by atoms with E-state index in [0.717, 1.165) is 18.5 Å². The van der Waals surface area contributed by atoms with Gasteiger partial charge in [-0.1, -0.05) is 19.3 Å². The van der Waals surface area contributed by atoms with Crippen molar-refractivity contribution in [2.24, 2.45) is 0 Å². The molecule has 21 heavy (non-hydrogen) atoms. The van der Waals surface area contributed by atoms with E-state index in [1.807, 2.05) is 29.2 Å². The Hall–Kier alpha value is -1.16. The van der Waals surface area contributed by atoms with Crippen molar-refractivity contribution in [1.29, 1.82) is 0 Å². The second-order valence-corrected chi connectivity index (χ2v) is 6.83. The number of nitrogens with one attached hydrogen (secondary N) is 1. The van der Waals surface area contributed by atoms with Crippen LogP contribution in [0.5, 0.6) is 0 Å². The summed E-state index contributed by atoms with van der Waals surface area (Å²) in [5, 5.41) is 3.05. The zero-order valence-electron chi connectivity index (χ0n) is 13.3. The Morgan fingerprint density at radius 3 is 2.33 bits per heavy atom. The summed E-state index contributed by atoms with van der Waals surface area (Å²) in [6.45, 7) is 4.20. The Kier molecular flexibility index (Phi) is 5.97. The van der Waals surface area contributed by atoms with Crippen LogP contribution in [0.3, 0.4) is 0 Å². The van der Waals surface area contributed by atoms with Gasteiger partial charge in [-0.25, -0.2) is 4.79 Å². The van der Waals surface area contributed by atoms with Crippen LogP contribution in [0.4, 0.5) is 10.5 Å². The first-order chi connectivity index (χ1) is 10.1. The van der Waals surface area contributed by atoms with Crippen molar-refractivity contribution >= 4 is 23.5 Å². The van der Waals surface area contributed by atoms with Crippen LogP contribution in [0.2, 0.25) is 0 Å². The van der Waals surface area contributed by atoms with Gasteiger partial charge in [-0.15, -0.1) is 11.8 Å². The van der Waals surface area contributed by atoms with E-state index in [9.17, 15) is 4.79 Å². The average Bonchev–Trinajstić information content (AvgIpc) is 2.49. The Morgan fingerprint density at radius 2 is 1.81 bits per heavy atom. The Labute approximate surface area is 132 Å². The van der Waals surface area contributed by atoms with E-state index >= 15 is 0 Å². The van der Waals surface area contributed by atoms with Crippen LogP contribution in [0.25, 0.3) is 0 Å². The van der Waals surface area contributed by atoms with Gasteiger partial charge < -0.3 is 10.2 Å². The molecule has 116 valence electrons. The Bertz CT molecular complexity index is 452. The molecule has 0 atom stereocenters. The minimum absolute atomic E-state index is 0.0359. The highest BCUT2D eigenvalue weighted by molar-refractivity contribution is 7.98. The van der Waals surface area contributed by atoms with E-state index in [2.05, 4.69) is 25.4 Å². The van der Waals surface area contributed by atoms with E-state index in [1.165, 1.54) is 24.2 Å². The number of amides is 2. The summed E-state index contributed by atoms with van der Waals surface area (Å²) in [5.74, 6) is 0. The molecule has 1 aromatic rings. The van der Waals surface area contributed by atoms with Crippen molar-refractivity contribution in [3.8, 4) is 0 Å². The van der Waals surface area contributed by atoms with Crippen LogP contribution in [-0.4, -0.2) is 29.3 Å². The molecule has 0 unspecified atom stereocenters. The minimum Gasteiger partial charge on any atom is -0.319 e. The molecule has 0 spiro atoms. The van der Waals surface area contributed by atoms with Crippen molar-refractivity contribution in [1.82, 2.24) is 4.90 Å². The third-order valence-electron chi connectivity index (χ3n) is 4.10. The summed E-state index contributed by atoms with van der Waals surface area (Å²) in [6.07, 6.45) is 8.11. The van der Waals surface area contributed by atoms with Gasteiger partial charge in [0.25, 0.3) is 0 Å². The molecule has 0 aliphatic heterocycles. The van der Waals surface area contributed by atoms with Crippen molar-refractivity contribution in [2.75, 3.05) is 11.6 Å². The largest absolute Gasteiger partial charge is 0.322 e. The first-order valence-electron chi connectivity index (χ1n) is 7.85. The molecule has 1 aromatic carbocycles. The number of carbonyl (C=O) groups is 1. The molecule has 2 rings (SSSR count). The summed E-state index contributed by atoms with van der Waals surface area (Å²) in [7, 11) is 0. The lowest BCUT2D eigenvalue weighted by Gasteiger charge is -2.37. The summed E-state index contributed by atoms with van der Waals surface area (Å²) in [4.78, 5) is 15.9. The molecule has 4 heteroatoms. The normalized spacial score (nSPS) is 16.0. The molecule has 3 nitrogen and oxygen atoms in total. The molecule has 1 aliphatic carbocycles. The molecule has 1 fully saturated rings. The smallest absolute Gasteiger partial charge is 0.319 e. The number of thioether (sulfide) groups is 1. The molecule has 0 heterocycles. The SMILES string of the molecule is CSc1ccc(NC(=O)N(C(C)C)C2CCCCC2)cc1. The second-order valence-electron chi connectivity index (χ2n) is 5.95. The minimum atomic E-state index is 0.0359. The van der Waals surface area contributed by atoms with Gasteiger partial charge in [0.05, 0.1) is 0 Å². The van der Waals surface area contributed by atoms with Crippen LogP contribution in [-0.2, 0) is 0 Å². The molecule has 1 saturated carbocycles. The maximum absolute atomic E-state index is 12.6. The van der Waals surface area contributed by atoms with E-state index in [-0.39, 0.29) is 12.1 Å². The number of carbonyl (C=O) groups excluding carboxylic acids is 1.